The molecule has 1 aliphatic rings. The average Bonchev–Trinajstić information content (AvgIpc) is 3.07. The van der Waals surface area contributed by atoms with Gasteiger partial charge >= 0.3 is 0 Å². The lowest BCUT2D eigenvalue weighted by Gasteiger charge is -2.08. The zero-order valence-corrected chi connectivity index (χ0v) is 14.2. The van der Waals surface area contributed by atoms with E-state index in [9.17, 15) is 14.4 Å². The molecule has 0 saturated carbocycles. The van der Waals surface area contributed by atoms with Crippen molar-refractivity contribution in [3.63, 3.8) is 0 Å². The monoisotopic (exact) mass is 349 g/mol. The van der Waals surface area contributed by atoms with E-state index >= 15 is 0 Å². The maximum atomic E-state index is 12.2. The van der Waals surface area contributed by atoms with Gasteiger partial charge in [0.1, 0.15) is 0 Å². The highest BCUT2D eigenvalue weighted by Crippen LogP contribution is 2.18. The number of rotatable bonds is 4. The third kappa shape index (κ3) is 3.18. The van der Waals surface area contributed by atoms with Crippen molar-refractivity contribution in [3.8, 4) is 0 Å². The Hall–Kier alpha value is -3.15. The smallest absolute Gasteiger partial charge is 0.256 e. The number of aryl methyl sites for hydroxylation is 2. The van der Waals surface area contributed by atoms with Gasteiger partial charge in [0.25, 0.3) is 11.1 Å². The van der Waals surface area contributed by atoms with E-state index in [0.29, 0.717) is 16.6 Å². The number of hydrogen-bond acceptors (Lipinski definition) is 3. The number of fused-ring (bicyclic) bond motifs is 2. The number of pyridine rings is 2. The molecule has 2 aromatic heterocycles. The summed E-state index contributed by atoms with van der Waals surface area (Å²) in [5.74, 6) is -0.240. The van der Waals surface area contributed by atoms with E-state index in [1.54, 1.807) is 18.2 Å². The Kier molecular flexibility index (Phi) is 4.16. The number of nitrogens with one attached hydrogen (secondary N) is 3. The maximum Gasteiger partial charge on any atom is 0.256 e. The van der Waals surface area contributed by atoms with Gasteiger partial charge in [-0.25, -0.2) is 0 Å². The minimum atomic E-state index is -0.240. The lowest BCUT2D eigenvalue weighted by atomic mass is 10.1. The molecule has 132 valence electrons. The fourth-order valence-corrected chi connectivity index (χ4v) is 3.48. The first-order valence-electron chi connectivity index (χ1n) is 8.72. The predicted molar refractivity (Wildman–Crippen MR) is 99.2 cm³/mol. The molecule has 6 nitrogen and oxygen atoms in total. The van der Waals surface area contributed by atoms with Crippen molar-refractivity contribution < 1.29 is 4.79 Å². The molecule has 0 bridgehead atoms. The highest BCUT2D eigenvalue weighted by atomic mass is 16.2. The quantitative estimate of drug-likeness (QED) is 0.667. The van der Waals surface area contributed by atoms with Crippen LogP contribution in [0, 0.1) is 0 Å². The molecule has 0 fully saturated rings. The van der Waals surface area contributed by atoms with Crippen molar-refractivity contribution in [2.75, 3.05) is 0 Å². The van der Waals surface area contributed by atoms with Crippen LogP contribution < -0.4 is 16.4 Å². The molecular formula is C20H19N3O3. The molecule has 6 heteroatoms. The van der Waals surface area contributed by atoms with E-state index in [-0.39, 0.29) is 30.0 Å². The SMILES string of the molecule is O=C(Cc1cc2ccccc2c(=O)[nH]1)NCc1cc2c([nH]c1=O)CCC2. The van der Waals surface area contributed by atoms with Crippen LogP contribution in [0.4, 0.5) is 0 Å². The number of carbonyl (C=O) groups excluding carboxylic acids is 1. The maximum absolute atomic E-state index is 12.2. The van der Waals surface area contributed by atoms with Gasteiger partial charge in [0.15, 0.2) is 0 Å². The van der Waals surface area contributed by atoms with Crippen LogP contribution in [0.25, 0.3) is 10.8 Å². The van der Waals surface area contributed by atoms with Crippen LogP contribution in [0.3, 0.4) is 0 Å². The Balaban J connectivity index is 1.46. The molecule has 0 atom stereocenters. The summed E-state index contributed by atoms with van der Waals surface area (Å²) in [6.45, 7) is 0.180. The van der Waals surface area contributed by atoms with Crippen LogP contribution in [0.15, 0.2) is 46.0 Å². The van der Waals surface area contributed by atoms with E-state index in [1.807, 2.05) is 18.2 Å². The Morgan fingerprint density at radius 1 is 1.04 bits per heavy atom. The molecule has 0 radical (unpaired) electrons. The van der Waals surface area contributed by atoms with Gasteiger partial charge in [-0.3, -0.25) is 14.4 Å². The third-order valence-corrected chi connectivity index (χ3v) is 4.80. The summed E-state index contributed by atoms with van der Waals surface area (Å²) in [4.78, 5) is 42.0. The largest absolute Gasteiger partial charge is 0.351 e. The van der Waals surface area contributed by atoms with Crippen molar-refractivity contribution in [3.05, 3.63) is 79.6 Å². The lowest BCUT2D eigenvalue weighted by Crippen LogP contribution is -2.29. The van der Waals surface area contributed by atoms with E-state index in [4.69, 9.17) is 0 Å². The van der Waals surface area contributed by atoms with Gasteiger partial charge < -0.3 is 15.3 Å². The van der Waals surface area contributed by atoms with Crippen molar-refractivity contribution in [2.45, 2.75) is 32.2 Å². The van der Waals surface area contributed by atoms with Crippen molar-refractivity contribution in [1.29, 1.82) is 0 Å². The van der Waals surface area contributed by atoms with Crippen molar-refractivity contribution in [2.24, 2.45) is 0 Å². The van der Waals surface area contributed by atoms with Crippen LogP contribution in [-0.2, 0) is 30.6 Å². The summed E-state index contributed by atoms with van der Waals surface area (Å²) in [6, 6.07) is 10.9. The first kappa shape index (κ1) is 16.3. The topological polar surface area (TPSA) is 94.8 Å². The number of carbonyl (C=O) groups is 1. The Morgan fingerprint density at radius 3 is 2.77 bits per heavy atom. The summed E-state index contributed by atoms with van der Waals surface area (Å²) in [5.41, 5.74) is 2.93. The van der Waals surface area contributed by atoms with Crippen molar-refractivity contribution >= 4 is 16.7 Å². The molecule has 1 aliphatic carbocycles. The average molecular weight is 349 g/mol. The van der Waals surface area contributed by atoms with Gasteiger partial charge in [-0.05, 0) is 48.4 Å². The zero-order valence-electron chi connectivity index (χ0n) is 14.2. The highest BCUT2D eigenvalue weighted by Gasteiger charge is 2.14. The fourth-order valence-electron chi connectivity index (χ4n) is 3.48. The summed E-state index contributed by atoms with van der Waals surface area (Å²) in [5, 5.41) is 4.16. The molecule has 3 aromatic rings. The Labute approximate surface area is 149 Å². The summed E-state index contributed by atoms with van der Waals surface area (Å²) in [6.07, 6.45) is 2.98. The van der Waals surface area contributed by atoms with Gasteiger partial charge in [0.2, 0.25) is 5.91 Å². The minimum absolute atomic E-state index is 0.0585. The fraction of sp³-hybridized carbons (Fsp3) is 0.250. The number of hydrogen-bond donors (Lipinski definition) is 3. The van der Waals surface area contributed by atoms with E-state index in [2.05, 4.69) is 15.3 Å². The number of H-pyrrole nitrogens is 2. The molecule has 3 N–H and O–H groups in total. The Bertz CT molecular complexity index is 1110. The van der Waals surface area contributed by atoms with Crippen LogP contribution in [-0.4, -0.2) is 15.9 Å². The second-order valence-electron chi connectivity index (χ2n) is 6.65. The van der Waals surface area contributed by atoms with Crippen LogP contribution in [0.5, 0.6) is 0 Å². The standard InChI is InChI=1S/C20H19N3O3/c24-18(10-15-9-12-4-1-2-6-16(12)20(26)22-15)21-11-14-8-13-5-3-7-17(13)23-19(14)25/h1-2,4,6,8-9H,3,5,7,10-11H2,(H,21,24)(H,22,26)(H,23,25). The van der Waals surface area contributed by atoms with Crippen molar-refractivity contribution in [1.82, 2.24) is 15.3 Å². The van der Waals surface area contributed by atoms with Crippen LogP contribution >= 0.6 is 0 Å². The molecule has 0 aliphatic heterocycles. The summed E-state index contributed by atoms with van der Waals surface area (Å²) in [7, 11) is 0. The number of amides is 1. The van der Waals surface area contributed by atoms with Gasteiger partial charge in [-0.15, -0.1) is 0 Å². The first-order chi connectivity index (χ1) is 12.6. The normalized spacial score (nSPS) is 12.9. The number of aromatic nitrogens is 2. The van der Waals surface area contributed by atoms with Gasteiger partial charge in [0.05, 0.1) is 6.42 Å². The van der Waals surface area contributed by atoms with Gasteiger partial charge in [-0.2, -0.15) is 0 Å². The lowest BCUT2D eigenvalue weighted by molar-refractivity contribution is -0.120. The molecule has 0 spiro atoms. The van der Waals surface area contributed by atoms with E-state index in [1.165, 1.54) is 0 Å². The predicted octanol–water partition coefficient (Wildman–Crippen LogP) is 1.56. The molecule has 0 unspecified atom stereocenters. The molecule has 0 saturated heterocycles. The highest BCUT2D eigenvalue weighted by molar-refractivity contribution is 5.83. The summed E-state index contributed by atoms with van der Waals surface area (Å²) >= 11 is 0. The second-order valence-corrected chi connectivity index (χ2v) is 6.65. The molecule has 1 amide bonds. The first-order valence-corrected chi connectivity index (χ1v) is 8.72. The third-order valence-electron chi connectivity index (χ3n) is 4.80. The summed E-state index contributed by atoms with van der Waals surface area (Å²) < 4.78 is 0. The van der Waals surface area contributed by atoms with Gasteiger partial charge in [0, 0.05) is 28.9 Å². The molecule has 4 rings (SSSR count). The van der Waals surface area contributed by atoms with Crippen LogP contribution in [0.1, 0.15) is 28.9 Å². The molecule has 1 aromatic carbocycles. The van der Waals surface area contributed by atoms with Crippen LogP contribution in [0.2, 0.25) is 0 Å². The zero-order chi connectivity index (χ0) is 18.1. The van der Waals surface area contributed by atoms with Gasteiger partial charge in [-0.1, -0.05) is 18.2 Å². The molecular weight excluding hydrogens is 330 g/mol. The second kappa shape index (κ2) is 6.63. The molecule has 26 heavy (non-hydrogen) atoms. The van der Waals surface area contributed by atoms with E-state index in [0.717, 1.165) is 35.9 Å². The number of benzene rings is 1. The Morgan fingerprint density at radius 2 is 1.88 bits per heavy atom. The van der Waals surface area contributed by atoms with E-state index < -0.39 is 0 Å². The minimum Gasteiger partial charge on any atom is -0.351 e. The number of aromatic amines is 2. The molecule has 2 heterocycles.